The molecule has 0 aliphatic rings. The van der Waals surface area contributed by atoms with Crippen LogP contribution in [0.2, 0.25) is 0 Å². The van der Waals surface area contributed by atoms with E-state index in [1.54, 1.807) is 0 Å². The predicted octanol–water partition coefficient (Wildman–Crippen LogP) is 4.00. The number of rotatable bonds is 21. The molecule has 11 nitrogen and oxygen atoms in total. The van der Waals surface area contributed by atoms with Gasteiger partial charge in [0.2, 0.25) is 11.8 Å². The molecule has 2 rings (SSSR count). The Balaban J connectivity index is 2.15. The number of nitrogens with two attached hydrogens (primary N) is 1. The molecule has 0 saturated carbocycles. The SMILES string of the molecule is CCCCOC(=O)N[C@@H](CCCCC(=O)O)C(=O)N[C@@H](CCc1ccccc1)C(=O)NCc1cc(OCCCN)ccc1C. The molecule has 11 heteroatoms. The van der Waals surface area contributed by atoms with E-state index in [9.17, 15) is 19.2 Å². The molecular formula is C33H48N4O7. The minimum absolute atomic E-state index is 0.0456. The second kappa shape index (κ2) is 20.7. The van der Waals surface area contributed by atoms with Gasteiger partial charge in [-0.25, -0.2) is 4.79 Å². The lowest BCUT2D eigenvalue weighted by Gasteiger charge is -2.23. The predicted molar refractivity (Wildman–Crippen MR) is 168 cm³/mol. The number of nitrogens with one attached hydrogen (secondary N) is 3. The molecule has 0 saturated heterocycles. The maximum absolute atomic E-state index is 13.5. The minimum Gasteiger partial charge on any atom is -0.494 e. The highest BCUT2D eigenvalue weighted by atomic mass is 16.5. The summed E-state index contributed by atoms with van der Waals surface area (Å²) in [7, 11) is 0. The van der Waals surface area contributed by atoms with Crippen LogP contribution in [0.4, 0.5) is 4.79 Å². The summed E-state index contributed by atoms with van der Waals surface area (Å²) in [6.45, 7) is 5.39. The van der Waals surface area contributed by atoms with Gasteiger partial charge in [0.25, 0.3) is 0 Å². The number of ether oxygens (including phenoxy) is 2. The third kappa shape index (κ3) is 14.4. The number of carbonyl (C=O) groups is 4. The first-order chi connectivity index (χ1) is 21.2. The highest BCUT2D eigenvalue weighted by Gasteiger charge is 2.27. The van der Waals surface area contributed by atoms with Crippen molar-refractivity contribution in [2.24, 2.45) is 5.73 Å². The van der Waals surface area contributed by atoms with Crippen LogP contribution in [0.25, 0.3) is 0 Å². The first kappa shape index (κ1) is 36.1. The van der Waals surface area contributed by atoms with Gasteiger partial charge < -0.3 is 36.3 Å². The molecule has 0 heterocycles. The van der Waals surface area contributed by atoms with Gasteiger partial charge in [0, 0.05) is 13.0 Å². The Morgan fingerprint density at radius 2 is 1.64 bits per heavy atom. The Labute approximate surface area is 260 Å². The monoisotopic (exact) mass is 612 g/mol. The number of aryl methyl sites for hydroxylation is 2. The van der Waals surface area contributed by atoms with Crippen LogP contribution in [0.1, 0.15) is 75.0 Å². The van der Waals surface area contributed by atoms with Crippen LogP contribution < -0.4 is 26.4 Å². The zero-order valence-electron chi connectivity index (χ0n) is 25.9. The summed E-state index contributed by atoms with van der Waals surface area (Å²) >= 11 is 0. The van der Waals surface area contributed by atoms with Gasteiger partial charge >= 0.3 is 12.1 Å². The lowest BCUT2D eigenvalue weighted by molar-refractivity contribution is -0.137. The Hall–Kier alpha value is -4.12. The number of unbranched alkanes of at least 4 members (excludes halogenated alkanes) is 2. The van der Waals surface area contributed by atoms with Crippen molar-refractivity contribution < 1.29 is 33.8 Å². The third-order valence-electron chi connectivity index (χ3n) is 7.06. The molecule has 0 aliphatic heterocycles. The fourth-order valence-corrected chi connectivity index (χ4v) is 4.39. The molecule has 2 aromatic rings. The molecule has 242 valence electrons. The second-order valence-corrected chi connectivity index (χ2v) is 10.7. The maximum atomic E-state index is 13.5. The van der Waals surface area contributed by atoms with Gasteiger partial charge in [0.15, 0.2) is 0 Å². The van der Waals surface area contributed by atoms with Crippen molar-refractivity contribution in [2.75, 3.05) is 19.8 Å². The largest absolute Gasteiger partial charge is 0.494 e. The molecule has 6 N–H and O–H groups in total. The number of hydrogen-bond acceptors (Lipinski definition) is 7. The van der Waals surface area contributed by atoms with Crippen molar-refractivity contribution in [1.82, 2.24) is 16.0 Å². The van der Waals surface area contributed by atoms with Crippen LogP contribution >= 0.6 is 0 Å². The van der Waals surface area contributed by atoms with Crippen molar-refractivity contribution >= 4 is 23.9 Å². The number of carboxylic acid groups (broad SMARTS) is 1. The molecule has 2 aromatic carbocycles. The van der Waals surface area contributed by atoms with Gasteiger partial charge in [-0.3, -0.25) is 14.4 Å². The molecule has 2 atom stereocenters. The first-order valence-corrected chi connectivity index (χ1v) is 15.4. The average Bonchev–Trinajstić information content (AvgIpc) is 3.01. The van der Waals surface area contributed by atoms with Gasteiger partial charge in [0.05, 0.1) is 13.2 Å². The first-order valence-electron chi connectivity index (χ1n) is 15.4. The second-order valence-electron chi connectivity index (χ2n) is 10.7. The summed E-state index contributed by atoms with van der Waals surface area (Å²) in [5, 5.41) is 17.4. The fourth-order valence-electron chi connectivity index (χ4n) is 4.39. The van der Waals surface area contributed by atoms with Gasteiger partial charge in [-0.1, -0.05) is 56.2 Å². The van der Waals surface area contributed by atoms with Crippen molar-refractivity contribution in [2.45, 2.75) is 90.3 Å². The van der Waals surface area contributed by atoms with Gasteiger partial charge in [-0.05, 0) is 80.8 Å². The van der Waals surface area contributed by atoms with Crippen LogP contribution in [0, 0.1) is 6.92 Å². The maximum Gasteiger partial charge on any atom is 0.407 e. The van der Waals surface area contributed by atoms with Crippen LogP contribution in [0.5, 0.6) is 5.75 Å². The van der Waals surface area contributed by atoms with E-state index in [1.165, 1.54) is 0 Å². The van der Waals surface area contributed by atoms with E-state index in [-0.39, 0.29) is 31.9 Å². The van der Waals surface area contributed by atoms with Gasteiger partial charge in [0.1, 0.15) is 17.8 Å². The highest BCUT2D eigenvalue weighted by Crippen LogP contribution is 2.18. The molecule has 0 radical (unpaired) electrons. The number of alkyl carbamates (subject to hydrolysis) is 1. The van der Waals surface area contributed by atoms with E-state index in [0.29, 0.717) is 51.0 Å². The van der Waals surface area contributed by atoms with Crippen LogP contribution in [-0.4, -0.2) is 60.8 Å². The van der Waals surface area contributed by atoms with Crippen LogP contribution in [0.15, 0.2) is 48.5 Å². The summed E-state index contributed by atoms with van der Waals surface area (Å²) in [5.74, 6) is -1.14. The zero-order chi connectivity index (χ0) is 32.2. The fraction of sp³-hybridized carbons (Fsp3) is 0.515. The normalized spacial score (nSPS) is 12.1. The molecular weight excluding hydrogens is 564 g/mol. The number of carboxylic acids is 1. The number of amides is 3. The van der Waals surface area contributed by atoms with Crippen LogP contribution in [0.3, 0.4) is 0 Å². The topological polar surface area (TPSA) is 169 Å². The summed E-state index contributed by atoms with van der Waals surface area (Å²) in [4.78, 5) is 50.3. The Bertz CT molecular complexity index is 1180. The zero-order valence-corrected chi connectivity index (χ0v) is 25.9. The average molecular weight is 613 g/mol. The van der Waals surface area contributed by atoms with E-state index >= 15 is 0 Å². The summed E-state index contributed by atoms with van der Waals surface area (Å²) < 4.78 is 10.9. The van der Waals surface area contributed by atoms with Crippen molar-refractivity contribution in [3.8, 4) is 5.75 Å². The van der Waals surface area contributed by atoms with Gasteiger partial charge in [-0.15, -0.1) is 0 Å². The molecule has 3 amide bonds. The molecule has 0 unspecified atom stereocenters. The number of hydrogen-bond donors (Lipinski definition) is 5. The Kier molecular flexibility index (Phi) is 17.0. The number of benzene rings is 2. The Morgan fingerprint density at radius 1 is 0.886 bits per heavy atom. The molecule has 0 fully saturated rings. The van der Waals surface area contributed by atoms with Crippen LogP contribution in [-0.2, 0) is 32.1 Å². The van der Waals surface area contributed by atoms with E-state index in [1.807, 2.05) is 62.4 Å². The molecule has 0 spiro atoms. The number of aliphatic carboxylic acids is 1. The Morgan fingerprint density at radius 3 is 2.34 bits per heavy atom. The summed E-state index contributed by atoms with van der Waals surface area (Å²) in [6, 6.07) is 13.4. The van der Waals surface area contributed by atoms with Crippen molar-refractivity contribution in [1.29, 1.82) is 0 Å². The van der Waals surface area contributed by atoms with E-state index in [2.05, 4.69) is 16.0 Å². The minimum atomic E-state index is -0.991. The number of carbonyl (C=O) groups excluding carboxylic acids is 3. The molecule has 0 aliphatic carbocycles. The molecule has 0 bridgehead atoms. The summed E-state index contributed by atoms with van der Waals surface area (Å²) in [6.07, 6.45) is 3.29. The molecule has 0 aromatic heterocycles. The van der Waals surface area contributed by atoms with Crippen molar-refractivity contribution in [3.63, 3.8) is 0 Å². The summed E-state index contributed by atoms with van der Waals surface area (Å²) in [5.41, 5.74) is 8.43. The molecule has 44 heavy (non-hydrogen) atoms. The lowest BCUT2D eigenvalue weighted by Crippen LogP contribution is -2.53. The van der Waals surface area contributed by atoms with E-state index in [0.717, 1.165) is 29.5 Å². The van der Waals surface area contributed by atoms with E-state index in [4.69, 9.17) is 20.3 Å². The van der Waals surface area contributed by atoms with Crippen molar-refractivity contribution in [3.05, 3.63) is 65.2 Å². The van der Waals surface area contributed by atoms with E-state index < -0.39 is 30.1 Å². The quantitative estimate of drug-likeness (QED) is 0.132. The standard InChI is InChI=1S/C33H48N4O7/c1-3-4-20-44-33(42)37-28(13-8-9-14-30(38)39)32(41)36-29(18-16-25-11-6-5-7-12-25)31(40)35-23-26-22-27(17-15-24(26)2)43-21-10-19-34/h5-7,11-12,15,17,22,28-29H,3-4,8-10,13-14,16,18-21,23,34H2,1-2H3,(H,35,40)(H,36,41)(H,37,42)(H,38,39)/t28-,29-/m0/s1. The highest BCUT2D eigenvalue weighted by molar-refractivity contribution is 5.91. The third-order valence-corrected chi connectivity index (χ3v) is 7.06. The lowest BCUT2D eigenvalue weighted by atomic mass is 10.0. The smallest absolute Gasteiger partial charge is 0.407 e. The van der Waals surface area contributed by atoms with Gasteiger partial charge in [-0.2, -0.15) is 0 Å².